The molecule has 1 atom stereocenters. The molecule has 0 spiro atoms. The van der Waals surface area contributed by atoms with Gasteiger partial charge in [-0.25, -0.2) is 0 Å². The van der Waals surface area contributed by atoms with Crippen LogP contribution in [0.3, 0.4) is 0 Å². The average Bonchev–Trinajstić information content (AvgIpc) is 2.50. The van der Waals surface area contributed by atoms with Crippen molar-refractivity contribution in [2.75, 3.05) is 5.75 Å². The highest BCUT2D eigenvalue weighted by atomic mass is 35.5. The molecular formula is C16H19ClN2S. The second-order valence-electron chi connectivity index (χ2n) is 4.56. The fraction of sp³-hybridized carbons (Fsp3) is 0.250. The second-order valence-corrected chi connectivity index (χ2v) is 6.03. The van der Waals surface area contributed by atoms with Crippen molar-refractivity contribution in [2.45, 2.75) is 24.3 Å². The molecule has 0 aromatic heterocycles. The first-order valence-electron chi connectivity index (χ1n) is 6.67. The Morgan fingerprint density at radius 3 is 2.70 bits per heavy atom. The minimum atomic E-state index is 0.114. The van der Waals surface area contributed by atoms with Gasteiger partial charge < -0.3 is 0 Å². The lowest BCUT2D eigenvalue weighted by Gasteiger charge is -2.17. The molecule has 0 heterocycles. The van der Waals surface area contributed by atoms with E-state index in [4.69, 9.17) is 17.4 Å². The first kappa shape index (κ1) is 15.4. The zero-order chi connectivity index (χ0) is 14.4. The summed E-state index contributed by atoms with van der Waals surface area (Å²) in [6, 6.07) is 16.5. The normalized spacial score (nSPS) is 12.3. The van der Waals surface area contributed by atoms with Crippen LogP contribution < -0.4 is 11.3 Å². The number of benzene rings is 2. The lowest BCUT2D eigenvalue weighted by Crippen LogP contribution is -2.29. The molecule has 0 aliphatic heterocycles. The van der Waals surface area contributed by atoms with Crippen molar-refractivity contribution in [2.24, 2.45) is 5.84 Å². The van der Waals surface area contributed by atoms with Crippen LogP contribution in [0.1, 0.15) is 24.1 Å². The number of nitrogens with two attached hydrogens (primary N) is 1. The van der Waals surface area contributed by atoms with Gasteiger partial charge in [0.25, 0.3) is 0 Å². The Labute approximate surface area is 129 Å². The molecule has 0 saturated carbocycles. The van der Waals surface area contributed by atoms with Gasteiger partial charge >= 0.3 is 0 Å². The van der Waals surface area contributed by atoms with Crippen LogP contribution in [0.2, 0.25) is 5.02 Å². The molecule has 2 rings (SSSR count). The molecule has 3 N–H and O–H groups in total. The van der Waals surface area contributed by atoms with Crippen molar-refractivity contribution in [3.05, 3.63) is 64.7 Å². The summed E-state index contributed by atoms with van der Waals surface area (Å²) in [5, 5.41) is 0.788. The number of hydrogen-bond donors (Lipinski definition) is 2. The van der Waals surface area contributed by atoms with E-state index in [0.29, 0.717) is 0 Å². The Bertz CT molecular complexity index is 560. The van der Waals surface area contributed by atoms with Crippen LogP contribution in [0.25, 0.3) is 0 Å². The Morgan fingerprint density at radius 2 is 2.00 bits per heavy atom. The van der Waals surface area contributed by atoms with Gasteiger partial charge in [-0.3, -0.25) is 11.3 Å². The van der Waals surface area contributed by atoms with Crippen LogP contribution in [0.15, 0.2) is 53.4 Å². The Hall–Kier alpha value is -1.00. The minimum absolute atomic E-state index is 0.114. The summed E-state index contributed by atoms with van der Waals surface area (Å²) in [5.41, 5.74) is 5.43. The maximum absolute atomic E-state index is 6.17. The summed E-state index contributed by atoms with van der Waals surface area (Å²) >= 11 is 7.89. The van der Waals surface area contributed by atoms with Crippen LogP contribution in [0.5, 0.6) is 0 Å². The largest absolute Gasteiger partial charge is 0.271 e. The van der Waals surface area contributed by atoms with Crippen molar-refractivity contribution < 1.29 is 0 Å². The number of halogens is 1. The molecule has 20 heavy (non-hydrogen) atoms. The number of aryl methyl sites for hydroxylation is 1. The Balaban J connectivity index is 2.07. The molecule has 0 amide bonds. The standard InChI is InChI=1S/C16H19ClN2S/c1-2-12-6-5-7-13(10-12)15(19-18)11-20-16-9-4-3-8-14(16)17/h3-10,15,19H,2,11,18H2,1H3. The Kier molecular flexibility index (Phi) is 5.92. The van der Waals surface area contributed by atoms with Crippen LogP contribution in [0, 0.1) is 0 Å². The highest BCUT2D eigenvalue weighted by Crippen LogP contribution is 2.30. The van der Waals surface area contributed by atoms with Gasteiger partial charge in [-0.1, -0.05) is 54.9 Å². The van der Waals surface area contributed by atoms with E-state index in [1.54, 1.807) is 11.8 Å². The molecule has 0 bridgehead atoms. The van der Waals surface area contributed by atoms with Gasteiger partial charge in [-0.2, -0.15) is 0 Å². The predicted molar refractivity (Wildman–Crippen MR) is 88.1 cm³/mol. The third kappa shape index (κ3) is 4.00. The van der Waals surface area contributed by atoms with E-state index in [0.717, 1.165) is 22.1 Å². The van der Waals surface area contributed by atoms with Gasteiger partial charge in [0.15, 0.2) is 0 Å². The molecule has 0 radical (unpaired) electrons. The van der Waals surface area contributed by atoms with Crippen molar-refractivity contribution in [3.63, 3.8) is 0 Å². The van der Waals surface area contributed by atoms with Crippen LogP contribution in [-0.2, 0) is 6.42 Å². The number of rotatable bonds is 6. The molecule has 2 aromatic carbocycles. The Morgan fingerprint density at radius 1 is 1.20 bits per heavy atom. The van der Waals surface area contributed by atoms with Gasteiger partial charge in [0.1, 0.15) is 0 Å². The molecule has 2 aromatic rings. The highest BCUT2D eigenvalue weighted by Gasteiger charge is 2.11. The summed E-state index contributed by atoms with van der Waals surface area (Å²) in [6.45, 7) is 2.16. The maximum Gasteiger partial charge on any atom is 0.0554 e. The van der Waals surface area contributed by atoms with Crippen molar-refractivity contribution in [3.8, 4) is 0 Å². The van der Waals surface area contributed by atoms with Crippen molar-refractivity contribution in [1.29, 1.82) is 0 Å². The number of hydrazine groups is 1. The summed E-state index contributed by atoms with van der Waals surface area (Å²) in [5.74, 6) is 6.54. The summed E-state index contributed by atoms with van der Waals surface area (Å²) in [7, 11) is 0. The van der Waals surface area contributed by atoms with E-state index in [-0.39, 0.29) is 6.04 Å². The molecular weight excluding hydrogens is 288 g/mol. The van der Waals surface area contributed by atoms with E-state index in [2.05, 4.69) is 36.6 Å². The fourth-order valence-electron chi connectivity index (χ4n) is 2.01. The van der Waals surface area contributed by atoms with Crippen LogP contribution in [0.4, 0.5) is 0 Å². The van der Waals surface area contributed by atoms with Crippen molar-refractivity contribution in [1.82, 2.24) is 5.43 Å². The first-order valence-corrected chi connectivity index (χ1v) is 8.03. The fourth-order valence-corrected chi connectivity index (χ4v) is 3.32. The summed E-state index contributed by atoms with van der Waals surface area (Å²) in [4.78, 5) is 1.08. The number of thioether (sulfide) groups is 1. The SMILES string of the molecule is CCc1cccc(C(CSc2ccccc2Cl)NN)c1. The van der Waals surface area contributed by atoms with E-state index in [1.165, 1.54) is 11.1 Å². The lowest BCUT2D eigenvalue weighted by atomic mass is 10.0. The molecule has 1 unspecified atom stereocenters. The smallest absolute Gasteiger partial charge is 0.0554 e. The third-order valence-corrected chi connectivity index (χ3v) is 4.81. The maximum atomic E-state index is 6.17. The molecule has 4 heteroatoms. The van der Waals surface area contributed by atoms with E-state index in [9.17, 15) is 0 Å². The molecule has 2 nitrogen and oxygen atoms in total. The van der Waals surface area contributed by atoms with Gasteiger partial charge in [0.2, 0.25) is 0 Å². The zero-order valence-corrected chi connectivity index (χ0v) is 13.0. The predicted octanol–water partition coefficient (Wildman–Crippen LogP) is 4.20. The molecule has 106 valence electrons. The van der Waals surface area contributed by atoms with Crippen LogP contribution in [-0.4, -0.2) is 5.75 Å². The number of nitrogens with one attached hydrogen (secondary N) is 1. The topological polar surface area (TPSA) is 38.0 Å². The van der Waals surface area contributed by atoms with Crippen LogP contribution >= 0.6 is 23.4 Å². The number of hydrogen-bond acceptors (Lipinski definition) is 3. The lowest BCUT2D eigenvalue weighted by molar-refractivity contribution is 0.610. The zero-order valence-electron chi connectivity index (χ0n) is 11.5. The minimum Gasteiger partial charge on any atom is -0.271 e. The van der Waals surface area contributed by atoms with Gasteiger partial charge in [-0.05, 0) is 29.7 Å². The van der Waals surface area contributed by atoms with Gasteiger partial charge in [0.05, 0.1) is 11.1 Å². The molecule has 0 aliphatic rings. The average molecular weight is 307 g/mol. The summed E-state index contributed by atoms with van der Waals surface area (Å²) in [6.07, 6.45) is 1.03. The first-order chi connectivity index (χ1) is 9.74. The molecule has 0 aliphatic carbocycles. The van der Waals surface area contributed by atoms with Gasteiger partial charge in [-0.15, -0.1) is 11.8 Å². The van der Waals surface area contributed by atoms with E-state index < -0.39 is 0 Å². The van der Waals surface area contributed by atoms with E-state index in [1.807, 2.05) is 24.3 Å². The molecule has 0 fully saturated rings. The van der Waals surface area contributed by atoms with E-state index >= 15 is 0 Å². The highest BCUT2D eigenvalue weighted by molar-refractivity contribution is 7.99. The van der Waals surface area contributed by atoms with Crippen molar-refractivity contribution >= 4 is 23.4 Å². The molecule has 0 saturated heterocycles. The third-order valence-electron chi connectivity index (χ3n) is 3.20. The second kappa shape index (κ2) is 7.70. The monoisotopic (exact) mass is 306 g/mol. The summed E-state index contributed by atoms with van der Waals surface area (Å²) < 4.78 is 0. The quantitative estimate of drug-likeness (QED) is 0.477. The van der Waals surface area contributed by atoms with Gasteiger partial charge in [0, 0.05) is 10.6 Å².